The maximum Gasteiger partial charge on any atom is 0.453 e. The molecule has 2 aromatic rings. The molecule has 6 heteroatoms. The van der Waals surface area contributed by atoms with Gasteiger partial charge in [-0.1, -0.05) is 24.6 Å². The number of hydrogen-bond acceptors (Lipinski definition) is 2. The van der Waals surface area contributed by atoms with E-state index in [0.29, 0.717) is 5.69 Å². The van der Waals surface area contributed by atoms with Crippen LogP contribution < -0.4 is 0 Å². The van der Waals surface area contributed by atoms with Gasteiger partial charge in [0.05, 0.1) is 5.69 Å². The van der Waals surface area contributed by atoms with Gasteiger partial charge in [-0.25, -0.2) is 9.67 Å². The Bertz CT molecular complexity index is 558. The second-order valence-electron chi connectivity index (χ2n) is 4.00. The summed E-state index contributed by atoms with van der Waals surface area (Å²) in [7, 11) is 0. The first-order valence-corrected chi connectivity index (χ1v) is 5.50. The lowest BCUT2D eigenvalue weighted by molar-refractivity contribution is -0.144. The van der Waals surface area contributed by atoms with Gasteiger partial charge in [-0.15, -0.1) is 5.10 Å². The number of nitrogens with zero attached hydrogens (tertiary/aromatic N) is 3. The van der Waals surface area contributed by atoms with E-state index < -0.39 is 12.0 Å². The topological polar surface area (TPSA) is 30.7 Å². The summed E-state index contributed by atoms with van der Waals surface area (Å²) >= 11 is 0. The summed E-state index contributed by atoms with van der Waals surface area (Å²) in [5.41, 5.74) is 2.63. The molecule has 18 heavy (non-hydrogen) atoms. The minimum Gasteiger partial charge on any atom is -0.220 e. The summed E-state index contributed by atoms with van der Waals surface area (Å²) in [4.78, 5) is 3.29. The van der Waals surface area contributed by atoms with Crippen molar-refractivity contribution in [2.24, 2.45) is 0 Å². The van der Waals surface area contributed by atoms with Crippen LogP contribution in [-0.2, 0) is 12.6 Å². The van der Waals surface area contributed by atoms with Crippen molar-refractivity contribution in [3.8, 4) is 5.69 Å². The van der Waals surface area contributed by atoms with Gasteiger partial charge in [-0.2, -0.15) is 13.2 Å². The van der Waals surface area contributed by atoms with Crippen molar-refractivity contribution in [2.45, 2.75) is 26.4 Å². The third-order valence-corrected chi connectivity index (χ3v) is 2.61. The van der Waals surface area contributed by atoms with Gasteiger partial charge in [-0.3, -0.25) is 0 Å². The largest absolute Gasteiger partial charge is 0.453 e. The lowest BCUT2D eigenvalue weighted by Gasteiger charge is -2.08. The summed E-state index contributed by atoms with van der Waals surface area (Å²) in [6.07, 6.45) is -2.70. The van der Waals surface area contributed by atoms with Gasteiger partial charge < -0.3 is 0 Å². The Morgan fingerprint density at radius 3 is 2.56 bits per heavy atom. The Kier molecular flexibility index (Phi) is 3.11. The maximum atomic E-state index is 12.4. The zero-order chi connectivity index (χ0) is 13.3. The zero-order valence-electron chi connectivity index (χ0n) is 9.99. The molecule has 0 saturated heterocycles. The second kappa shape index (κ2) is 4.44. The Morgan fingerprint density at radius 2 is 2.00 bits per heavy atom. The molecule has 1 aromatic heterocycles. The Balaban J connectivity index is 2.46. The van der Waals surface area contributed by atoms with E-state index in [2.05, 4.69) is 10.1 Å². The Hall–Kier alpha value is -1.85. The van der Waals surface area contributed by atoms with Crippen LogP contribution in [0, 0.1) is 6.92 Å². The molecule has 0 amide bonds. The molecule has 0 saturated carbocycles. The van der Waals surface area contributed by atoms with Crippen molar-refractivity contribution in [3.05, 3.63) is 41.5 Å². The lowest BCUT2D eigenvalue weighted by atomic mass is 10.1. The van der Waals surface area contributed by atoms with Gasteiger partial charge in [0.15, 0.2) is 0 Å². The average Bonchev–Trinajstić information content (AvgIpc) is 2.77. The molecule has 0 atom stereocenters. The standard InChI is InChI=1S/C12H12F3N3/c1-3-9-6-8(2)4-5-10(9)18-7-16-11(17-18)12(13,14)15/h4-7H,3H2,1-2H3. The molecule has 96 valence electrons. The normalized spacial score (nSPS) is 11.8. The van der Waals surface area contributed by atoms with Crippen molar-refractivity contribution in [3.63, 3.8) is 0 Å². The zero-order valence-corrected chi connectivity index (χ0v) is 9.99. The molecule has 0 spiro atoms. The molecular formula is C12H12F3N3. The molecule has 0 radical (unpaired) electrons. The van der Waals surface area contributed by atoms with E-state index >= 15 is 0 Å². The highest BCUT2D eigenvalue weighted by atomic mass is 19.4. The minimum atomic E-state index is -4.51. The highest BCUT2D eigenvalue weighted by molar-refractivity contribution is 5.42. The van der Waals surface area contributed by atoms with Crippen molar-refractivity contribution in [1.82, 2.24) is 14.8 Å². The van der Waals surface area contributed by atoms with E-state index in [1.54, 1.807) is 6.07 Å². The van der Waals surface area contributed by atoms with Gasteiger partial charge in [0, 0.05) is 0 Å². The molecular weight excluding hydrogens is 243 g/mol. The van der Waals surface area contributed by atoms with Gasteiger partial charge >= 0.3 is 6.18 Å². The maximum absolute atomic E-state index is 12.4. The van der Waals surface area contributed by atoms with Crippen molar-refractivity contribution < 1.29 is 13.2 Å². The molecule has 1 heterocycles. The molecule has 0 fully saturated rings. The van der Waals surface area contributed by atoms with E-state index in [9.17, 15) is 13.2 Å². The van der Waals surface area contributed by atoms with E-state index in [1.165, 1.54) is 4.68 Å². The van der Waals surface area contributed by atoms with Crippen molar-refractivity contribution >= 4 is 0 Å². The first kappa shape index (κ1) is 12.6. The van der Waals surface area contributed by atoms with Crippen LogP contribution in [0.25, 0.3) is 5.69 Å². The summed E-state index contributed by atoms with van der Waals surface area (Å²) in [5, 5.41) is 3.47. The smallest absolute Gasteiger partial charge is 0.220 e. The fraction of sp³-hybridized carbons (Fsp3) is 0.333. The fourth-order valence-electron chi connectivity index (χ4n) is 1.73. The third kappa shape index (κ3) is 2.37. The first-order chi connectivity index (χ1) is 8.41. The molecule has 2 rings (SSSR count). The van der Waals surface area contributed by atoms with Crippen LogP contribution >= 0.6 is 0 Å². The molecule has 0 aliphatic carbocycles. The average molecular weight is 255 g/mol. The van der Waals surface area contributed by atoms with Crippen LogP contribution in [0.1, 0.15) is 23.9 Å². The quantitative estimate of drug-likeness (QED) is 0.825. The van der Waals surface area contributed by atoms with Crippen molar-refractivity contribution in [1.29, 1.82) is 0 Å². The van der Waals surface area contributed by atoms with Crippen LogP contribution in [-0.4, -0.2) is 14.8 Å². The summed E-state index contributed by atoms with van der Waals surface area (Å²) in [6, 6.07) is 5.52. The predicted molar refractivity (Wildman–Crippen MR) is 60.5 cm³/mol. The third-order valence-electron chi connectivity index (χ3n) is 2.61. The second-order valence-corrected chi connectivity index (χ2v) is 4.00. The van der Waals surface area contributed by atoms with E-state index in [0.717, 1.165) is 23.9 Å². The number of hydrogen-bond donors (Lipinski definition) is 0. The minimum absolute atomic E-state index is 0.631. The molecule has 1 aromatic carbocycles. The van der Waals surface area contributed by atoms with Gasteiger partial charge in [0.1, 0.15) is 6.33 Å². The van der Waals surface area contributed by atoms with Crippen LogP contribution in [0.4, 0.5) is 13.2 Å². The molecule has 0 aliphatic rings. The summed E-state index contributed by atoms with van der Waals surface area (Å²) in [6.45, 7) is 3.88. The predicted octanol–water partition coefficient (Wildman–Crippen LogP) is 3.16. The van der Waals surface area contributed by atoms with Gasteiger partial charge in [-0.05, 0) is 25.0 Å². The number of alkyl halides is 3. The molecule has 3 nitrogen and oxygen atoms in total. The Labute approximate surface area is 102 Å². The first-order valence-electron chi connectivity index (χ1n) is 5.50. The summed E-state index contributed by atoms with van der Waals surface area (Å²) < 4.78 is 38.4. The number of aryl methyl sites for hydroxylation is 2. The van der Waals surface area contributed by atoms with E-state index in [-0.39, 0.29) is 0 Å². The number of halogens is 3. The lowest BCUT2D eigenvalue weighted by Crippen LogP contribution is -2.09. The fourth-order valence-corrected chi connectivity index (χ4v) is 1.73. The van der Waals surface area contributed by atoms with E-state index in [1.807, 2.05) is 26.0 Å². The van der Waals surface area contributed by atoms with E-state index in [4.69, 9.17) is 0 Å². The van der Waals surface area contributed by atoms with Gasteiger partial charge in [0.25, 0.3) is 5.82 Å². The Morgan fingerprint density at radius 1 is 1.28 bits per heavy atom. The summed E-state index contributed by atoms with van der Waals surface area (Å²) in [5.74, 6) is -1.12. The van der Waals surface area contributed by atoms with Gasteiger partial charge in [0.2, 0.25) is 0 Å². The van der Waals surface area contributed by atoms with Crippen molar-refractivity contribution in [2.75, 3.05) is 0 Å². The molecule has 0 N–H and O–H groups in total. The number of aromatic nitrogens is 3. The molecule has 0 aliphatic heterocycles. The van der Waals surface area contributed by atoms with Crippen LogP contribution in [0.5, 0.6) is 0 Å². The number of benzene rings is 1. The number of rotatable bonds is 2. The highest BCUT2D eigenvalue weighted by Gasteiger charge is 2.35. The SMILES string of the molecule is CCc1cc(C)ccc1-n1cnc(C(F)(F)F)n1. The van der Waals surface area contributed by atoms with Crippen LogP contribution in [0.15, 0.2) is 24.5 Å². The monoisotopic (exact) mass is 255 g/mol. The molecule has 0 bridgehead atoms. The van der Waals surface area contributed by atoms with Crippen LogP contribution in [0.2, 0.25) is 0 Å². The van der Waals surface area contributed by atoms with Crippen LogP contribution in [0.3, 0.4) is 0 Å². The molecule has 0 unspecified atom stereocenters. The highest BCUT2D eigenvalue weighted by Crippen LogP contribution is 2.26.